The van der Waals surface area contributed by atoms with Crippen LogP contribution in [-0.4, -0.2) is 9.55 Å². The van der Waals surface area contributed by atoms with Crippen LogP contribution in [0.1, 0.15) is 5.56 Å². The minimum atomic E-state index is 0.592. The Morgan fingerprint density at radius 2 is 1.86 bits per heavy atom. The molecule has 0 bridgehead atoms. The summed E-state index contributed by atoms with van der Waals surface area (Å²) in [6.07, 6.45) is 1.86. The highest BCUT2D eigenvalue weighted by Crippen LogP contribution is 2.24. The highest BCUT2D eigenvalue weighted by atomic mass is 35.5. The predicted octanol–water partition coefficient (Wildman–Crippen LogP) is 5.01. The van der Waals surface area contributed by atoms with Crippen LogP contribution in [0.2, 0.25) is 10.0 Å². The summed E-state index contributed by atoms with van der Waals surface area (Å²) >= 11 is 12.1. The van der Waals surface area contributed by atoms with Crippen LogP contribution < -0.4 is 5.32 Å². The normalized spacial score (nSPS) is 10.7. The molecular weight excluding hydrogens is 317 g/mol. The number of rotatable bonds is 4. The fraction of sp³-hybridized carbons (Fsp3) is 0.118. The van der Waals surface area contributed by atoms with E-state index in [1.165, 1.54) is 0 Å². The topological polar surface area (TPSA) is 29.9 Å². The Morgan fingerprint density at radius 1 is 1.09 bits per heavy atom. The third kappa shape index (κ3) is 3.11. The highest BCUT2D eigenvalue weighted by Gasteiger charge is 2.08. The molecule has 22 heavy (non-hydrogen) atoms. The van der Waals surface area contributed by atoms with Crippen molar-refractivity contribution >= 4 is 29.2 Å². The average Bonchev–Trinajstić information content (AvgIpc) is 2.88. The van der Waals surface area contributed by atoms with Crippen LogP contribution in [0.4, 0.5) is 5.95 Å². The molecule has 2 aromatic carbocycles. The summed E-state index contributed by atoms with van der Waals surface area (Å²) in [5.41, 5.74) is 3.18. The smallest absolute Gasteiger partial charge is 0.203 e. The molecule has 1 N–H and O–H groups in total. The Balaban J connectivity index is 1.78. The number of nitrogens with zero attached hydrogens (tertiary/aromatic N) is 2. The van der Waals surface area contributed by atoms with Crippen molar-refractivity contribution in [1.82, 2.24) is 9.55 Å². The minimum Gasteiger partial charge on any atom is -0.352 e. The van der Waals surface area contributed by atoms with Gasteiger partial charge < -0.3 is 9.88 Å². The minimum absolute atomic E-state index is 0.592. The first kappa shape index (κ1) is 14.9. The first-order chi connectivity index (χ1) is 10.6. The molecule has 0 aliphatic carbocycles. The molecule has 0 atom stereocenters. The van der Waals surface area contributed by atoms with Gasteiger partial charge in [0, 0.05) is 23.6 Å². The number of hydrogen-bond donors (Lipinski definition) is 1. The fourth-order valence-electron chi connectivity index (χ4n) is 2.29. The van der Waals surface area contributed by atoms with E-state index in [0.717, 1.165) is 22.8 Å². The summed E-state index contributed by atoms with van der Waals surface area (Å²) in [6.45, 7) is 0.592. The van der Waals surface area contributed by atoms with E-state index >= 15 is 0 Å². The molecule has 0 fully saturated rings. The van der Waals surface area contributed by atoms with Gasteiger partial charge in [0.25, 0.3) is 0 Å². The second kappa shape index (κ2) is 6.42. The molecule has 5 heteroatoms. The fourth-order valence-corrected chi connectivity index (χ4v) is 2.77. The molecule has 3 aromatic rings. The standard InChI is InChI=1S/C17H15Cl2N3/c1-22-16(12-5-3-2-4-6-12)11-21-17(22)20-10-13-7-8-14(18)9-15(13)19/h2-9,11H,10H2,1H3,(H,20,21). The van der Waals surface area contributed by atoms with Crippen LogP contribution in [-0.2, 0) is 13.6 Å². The van der Waals surface area contributed by atoms with Gasteiger partial charge in [0.05, 0.1) is 11.9 Å². The second-order valence-corrected chi connectivity index (χ2v) is 5.83. The number of imidazole rings is 1. The summed E-state index contributed by atoms with van der Waals surface area (Å²) in [6, 6.07) is 15.7. The van der Waals surface area contributed by atoms with Crippen LogP contribution in [0, 0.1) is 0 Å². The van der Waals surface area contributed by atoms with E-state index in [1.54, 1.807) is 6.07 Å². The Labute approximate surface area is 139 Å². The van der Waals surface area contributed by atoms with E-state index in [-0.39, 0.29) is 0 Å². The van der Waals surface area contributed by atoms with Crippen LogP contribution in [0.15, 0.2) is 54.7 Å². The first-order valence-corrected chi connectivity index (χ1v) is 7.65. The van der Waals surface area contributed by atoms with Gasteiger partial charge in [0.2, 0.25) is 5.95 Å². The van der Waals surface area contributed by atoms with Crippen molar-refractivity contribution in [2.24, 2.45) is 7.05 Å². The van der Waals surface area contributed by atoms with Crippen molar-refractivity contribution in [3.63, 3.8) is 0 Å². The SMILES string of the molecule is Cn1c(-c2ccccc2)cnc1NCc1ccc(Cl)cc1Cl. The van der Waals surface area contributed by atoms with Gasteiger partial charge in [-0.2, -0.15) is 0 Å². The zero-order valence-electron chi connectivity index (χ0n) is 12.1. The van der Waals surface area contributed by atoms with Crippen molar-refractivity contribution in [3.8, 4) is 11.3 Å². The molecule has 112 valence electrons. The lowest BCUT2D eigenvalue weighted by Gasteiger charge is -2.09. The zero-order chi connectivity index (χ0) is 15.5. The van der Waals surface area contributed by atoms with Crippen LogP contribution >= 0.6 is 23.2 Å². The number of benzene rings is 2. The zero-order valence-corrected chi connectivity index (χ0v) is 13.6. The molecule has 0 aliphatic rings. The maximum absolute atomic E-state index is 6.18. The number of hydrogen-bond acceptors (Lipinski definition) is 2. The number of aromatic nitrogens is 2. The molecule has 3 rings (SSSR count). The maximum Gasteiger partial charge on any atom is 0.203 e. The second-order valence-electron chi connectivity index (χ2n) is 4.98. The van der Waals surface area contributed by atoms with Gasteiger partial charge in [-0.1, -0.05) is 59.6 Å². The van der Waals surface area contributed by atoms with E-state index in [1.807, 2.05) is 48.1 Å². The van der Waals surface area contributed by atoms with Crippen molar-refractivity contribution in [2.45, 2.75) is 6.54 Å². The van der Waals surface area contributed by atoms with Gasteiger partial charge in [-0.15, -0.1) is 0 Å². The molecule has 1 heterocycles. The highest BCUT2D eigenvalue weighted by molar-refractivity contribution is 6.35. The van der Waals surface area contributed by atoms with Gasteiger partial charge in [0.15, 0.2) is 0 Å². The first-order valence-electron chi connectivity index (χ1n) is 6.90. The molecule has 0 amide bonds. The van der Waals surface area contributed by atoms with Crippen molar-refractivity contribution in [3.05, 3.63) is 70.3 Å². The van der Waals surface area contributed by atoms with Gasteiger partial charge in [0.1, 0.15) is 0 Å². The Hall–Kier alpha value is -1.97. The van der Waals surface area contributed by atoms with Crippen molar-refractivity contribution < 1.29 is 0 Å². The van der Waals surface area contributed by atoms with E-state index < -0.39 is 0 Å². The summed E-state index contributed by atoms with van der Waals surface area (Å²) in [7, 11) is 1.99. The Bertz CT molecular complexity index is 782. The Kier molecular flexibility index (Phi) is 4.36. The van der Waals surface area contributed by atoms with Crippen LogP contribution in [0.5, 0.6) is 0 Å². The van der Waals surface area contributed by atoms with Crippen molar-refractivity contribution in [1.29, 1.82) is 0 Å². The van der Waals surface area contributed by atoms with E-state index in [9.17, 15) is 0 Å². The molecule has 0 saturated heterocycles. The number of nitrogens with one attached hydrogen (secondary N) is 1. The summed E-state index contributed by atoms with van der Waals surface area (Å²) in [5.74, 6) is 0.796. The largest absolute Gasteiger partial charge is 0.352 e. The molecular formula is C17H15Cl2N3. The molecule has 0 spiro atoms. The average molecular weight is 332 g/mol. The van der Waals surface area contributed by atoms with Crippen LogP contribution in [0.3, 0.4) is 0 Å². The Morgan fingerprint density at radius 3 is 2.59 bits per heavy atom. The molecule has 3 nitrogen and oxygen atoms in total. The van der Waals surface area contributed by atoms with Gasteiger partial charge in [-0.25, -0.2) is 4.98 Å². The van der Waals surface area contributed by atoms with E-state index in [4.69, 9.17) is 23.2 Å². The third-order valence-corrected chi connectivity index (χ3v) is 4.10. The quantitative estimate of drug-likeness (QED) is 0.728. The predicted molar refractivity (Wildman–Crippen MR) is 92.4 cm³/mol. The summed E-state index contributed by atoms with van der Waals surface area (Å²) in [4.78, 5) is 4.44. The van der Waals surface area contributed by atoms with Crippen LogP contribution in [0.25, 0.3) is 11.3 Å². The monoisotopic (exact) mass is 331 g/mol. The molecule has 0 saturated carbocycles. The van der Waals surface area contributed by atoms with E-state index in [2.05, 4.69) is 22.4 Å². The van der Waals surface area contributed by atoms with Crippen molar-refractivity contribution in [2.75, 3.05) is 5.32 Å². The lowest BCUT2D eigenvalue weighted by molar-refractivity contribution is 0.907. The lowest BCUT2D eigenvalue weighted by atomic mass is 10.2. The number of halogens is 2. The summed E-state index contributed by atoms with van der Waals surface area (Å²) in [5, 5.41) is 4.59. The molecule has 1 aromatic heterocycles. The maximum atomic E-state index is 6.18. The lowest BCUT2D eigenvalue weighted by Crippen LogP contribution is -2.06. The molecule has 0 aliphatic heterocycles. The van der Waals surface area contributed by atoms with Gasteiger partial charge in [-0.3, -0.25) is 0 Å². The van der Waals surface area contributed by atoms with Gasteiger partial charge >= 0.3 is 0 Å². The van der Waals surface area contributed by atoms with E-state index in [0.29, 0.717) is 16.6 Å². The van der Waals surface area contributed by atoms with Gasteiger partial charge in [-0.05, 0) is 23.3 Å². The third-order valence-electron chi connectivity index (χ3n) is 3.51. The molecule has 0 radical (unpaired) electrons. The summed E-state index contributed by atoms with van der Waals surface area (Å²) < 4.78 is 2.03. The number of anilines is 1. The molecule has 0 unspecified atom stereocenters.